The van der Waals surface area contributed by atoms with Crippen LogP contribution in [0.25, 0.3) is 5.82 Å². The van der Waals surface area contributed by atoms with E-state index < -0.39 is 0 Å². The topological polar surface area (TPSA) is 72.3 Å². The summed E-state index contributed by atoms with van der Waals surface area (Å²) < 4.78 is 7.32. The molecule has 0 atom stereocenters. The zero-order valence-corrected chi connectivity index (χ0v) is 16.1. The summed E-state index contributed by atoms with van der Waals surface area (Å²) in [6.07, 6.45) is 6.05. The van der Waals surface area contributed by atoms with E-state index in [1.165, 1.54) is 6.42 Å². The van der Waals surface area contributed by atoms with E-state index in [-0.39, 0.29) is 11.4 Å². The fourth-order valence-corrected chi connectivity index (χ4v) is 4.24. The quantitative estimate of drug-likeness (QED) is 0.881. The molecule has 0 aromatic carbocycles. The van der Waals surface area contributed by atoms with Gasteiger partial charge in [-0.1, -0.05) is 0 Å². The van der Waals surface area contributed by atoms with Gasteiger partial charge in [0.1, 0.15) is 0 Å². The first-order valence-corrected chi connectivity index (χ1v) is 9.68. The van der Waals surface area contributed by atoms with Crippen LogP contribution in [0, 0.1) is 19.3 Å². The summed E-state index contributed by atoms with van der Waals surface area (Å²) in [5, 5.41) is 7.44. The predicted molar refractivity (Wildman–Crippen MR) is 103 cm³/mol. The molecule has 2 fully saturated rings. The number of amides is 2. The molecule has 0 radical (unpaired) electrons. The fraction of sp³-hybridized carbons (Fsp3) is 0.550. The number of hydrogen-bond acceptors (Lipinski definition) is 4. The van der Waals surface area contributed by atoms with Crippen molar-refractivity contribution in [2.75, 3.05) is 31.6 Å². The van der Waals surface area contributed by atoms with Gasteiger partial charge in [0.2, 0.25) is 0 Å². The van der Waals surface area contributed by atoms with E-state index >= 15 is 0 Å². The number of hydrogen-bond donors (Lipinski definition) is 1. The second-order valence-corrected chi connectivity index (χ2v) is 7.81. The zero-order valence-electron chi connectivity index (χ0n) is 16.1. The van der Waals surface area contributed by atoms with Gasteiger partial charge in [0, 0.05) is 32.0 Å². The zero-order chi connectivity index (χ0) is 18.9. The SMILES string of the molecule is Cc1cc(C)n(-c2ccc(NC(=O)N3CCCC4(CCOCC4)C3)cn2)n1. The van der Waals surface area contributed by atoms with E-state index in [1.54, 1.807) is 10.9 Å². The molecule has 0 saturated carbocycles. The van der Waals surface area contributed by atoms with Crippen molar-refractivity contribution in [2.45, 2.75) is 39.5 Å². The van der Waals surface area contributed by atoms with Crippen molar-refractivity contribution in [1.29, 1.82) is 0 Å². The Morgan fingerprint density at radius 3 is 2.70 bits per heavy atom. The summed E-state index contributed by atoms with van der Waals surface area (Å²) in [7, 11) is 0. The average molecular weight is 369 g/mol. The maximum Gasteiger partial charge on any atom is 0.321 e. The van der Waals surface area contributed by atoms with Gasteiger partial charge in [0.15, 0.2) is 5.82 Å². The van der Waals surface area contributed by atoms with Gasteiger partial charge in [0.25, 0.3) is 0 Å². The number of carbonyl (C=O) groups excluding carboxylic acids is 1. The van der Waals surface area contributed by atoms with Crippen molar-refractivity contribution in [3.05, 3.63) is 35.8 Å². The summed E-state index contributed by atoms with van der Waals surface area (Å²) in [4.78, 5) is 19.1. The number of aryl methyl sites for hydroxylation is 2. The molecule has 1 N–H and O–H groups in total. The number of piperidine rings is 1. The number of nitrogens with one attached hydrogen (secondary N) is 1. The van der Waals surface area contributed by atoms with Crippen LogP contribution >= 0.6 is 0 Å². The molecule has 0 unspecified atom stereocenters. The van der Waals surface area contributed by atoms with Crippen LogP contribution in [-0.4, -0.2) is 52.0 Å². The van der Waals surface area contributed by atoms with Crippen LogP contribution in [0.15, 0.2) is 24.4 Å². The van der Waals surface area contributed by atoms with E-state index in [0.717, 1.165) is 62.8 Å². The molecule has 144 valence electrons. The first-order chi connectivity index (χ1) is 13.0. The molecule has 2 saturated heterocycles. The third-order valence-electron chi connectivity index (χ3n) is 5.73. The summed E-state index contributed by atoms with van der Waals surface area (Å²) in [6, 6.07) is 5.73. The van der Waals surface area contributed by atoms with Gasteiger partial charge in [-0.15, -0.1) is 0 Å². The minimum Gasteiger partial charge on any atom is -0.381 e. The number of nitrogens with zero attached hydrogens (tertiary/aromatic N) is 4. The first kappa shape index (κ1) is 18.0. The number of carbonyl (C=O) groups is 1. The number of likely N-dealkylation sites (tertiary alicyclic amines) is 1. The molecule has 2 aromatic heterocycles. The number of anilines is 1. The molecule has 2 aliphatic rings. The molecule has 2 aliphatic heterocycles. The van der Waals surface area contributed by atoms with Crippen molar-refractivity contribution in [1.82, 2.24) is 19.7 Å². The van der Waals surface area contributed by atoms with Gasteiger partial charge in [-0.25, -0.2) is 14.5 Å². The monoisotopic (exact) mass is 369 g/mol. The largest absolute Gasteiger partial charge is 0.381 e. The molecule has 2 amide bonds. The predicted octanol–water partition coefficient (Wildman–Crippen LogP) is 3.31. The number of pyridine rings is 1. The van der Waals surface area contributed by atoms with Crippen LogP contribution in [-0.2, 0) is 4.74 Å². The molecular formula is C20H27N5O2. The summed E-state index contributed by atoms with van der Waals surface area (Å²) >= 11 is 0. The second kappa shape index (κ2) is 7.31. The highest BCUT2D eigenvalue weighted by atomic mass is 16.5. The fourth-order valence-electron chi connectivity index (χ4n) is 4.24. The van der Waals surface area contributed by atoms with Crippen LogP contribution in [0.1, 0.15) is 37.1 Å². The van der Waals surface area contributed by atoms with Gasteiger partial charge in [-0.05, 0) is 63.1 Å². The minimum atomic E-state index is -0.0405. The highest BCUT2D eigenvalue weighted by molar-refractivity contribution is 5.89. The molecule has 27 heavy (non-hydrogen) atoms. The molecule has 4 rings (SSSR count). The highest BCUT2D eigenvalue weighted by Gasteiger charge is 2.38. The number of ether oxygens (including phenoxy) is 1. The van der Waals surface area contributed by atoms with E-state index in [9.17, 15) is 4.79 Å². The van der Waals surface area contributed by atoms with Gasteiger partial charge in [-0.2, -0.15) is 5.10 Å². The molecule has 4 heterocycles. The Morgan fingerprint density at radius 2 is 2.04 bits per heavy atom. The van der Waals surface area contributed by atoms with Crippen molar-refractivity contribution in [2.24, 2.45) is 5.41 Å². The Balaban J connectivity index is 1.41. The smallest absolute Gasteiger partial charge is 0.321 e. The summed E-state index contributed by atoms with van der Waals surface area (Å²) in [5.74, 6) is 0.748. The molecule has 0 bridgehead atoms. The summed E-state index contributed by atoms with van der Waals surface area (Å²) in [6.45, 7) is 7.22. The average Bonchev–Trinajstić information content (AvgIpc) is 3.01. The Hall–Kier alpha value is -2.41. The van der Waals surface area contributed by atoms with Crippen LogP contribution in [0.3, 0.4) is 0 Å². The maximum absolute atomic E-state index is 12.7. The molecule has 1 spiro atoms. The Morgan fingerprint density at radius 1 is 1.22 bits per heavy atom. The normalized spacial score (nSPS) is 19.3. The molecule has 7 nitrogen and oxygen atoms in total. The van der Waals surface area contributed by atoms with Crippen LogP contribution in [0.2, 0.25) is 0 Å². The van der Waals surface area contributed by atoms with Gasteiger partial charge < -0.3 is 15.0 Å². The highest BCUT2D eigenvalue weighted by Crippen LogP contribution is 2.39. The Kier molecular flexibility index (Phi) is 4.86. The lowest BCUT2D eigenvalue weighted by molar-refractivity contribution is -0.0175. The third-order valence-corrected chi connectivity index (χ3v) is 5.73. The second-order valence-electron chi connectivity index (χ2n) is 7.81. The van der Waals surface area contributed by atoms with Gasteiger partial charge >= 0.3 is 6.03 Å². The number of aromatic nitrogens is 3. The van der Waals surface area contributed by atoms with Crippen LogP contribution in [0.5, 0.6) is 0 Å². The van der Waals surface area contributed by atoms with Crippen LogP contribution < -0.4 is 5.32 Å². The van der Waals surface area contributed by atoms with Crippen molar-refractivity contribution in [3.8, 4) is 5.82 Å². The van der Waals surface area contributed by atoms with Crippen molar-refractivity contribution >= 4 is 11.7 Å². The minimum absolute atomic E-state index is 0.0405. The van der Waals surface area contributed by atoms with Crippen molar-refractivity contribution in [3.63, 3.8) is 0 Å². The summed E-state index contributed by atoms with van der Waals surface area (Å²) in [5.41, 5.74) is 2.94. The molecular weight excluding hydrogens is 342 g/mol. The van der Waals surface area contributed by atoms with E-state index in [0.29, 0.717) is 5.69 Å². The number of urea groups is 1. The van der Waals surface area contributed by atoms with E-state index in [2.05, 4.69) is 15.4 Å². The van der Waals surface area contributed by atoms with Crippen LogP contribution in [0.4, 0.5) is 10.5 Å². The van der Waals surface area contributed by atoms with E-state index in [1.807, 2.05) is 36.9 Å². The standard InChI is InChI=1S/C20H27N5O2/c1-15-12-16(2)25(23-15)18-5-4-17(13-21-18)22-19(26)24-9-3-6-20(14-24)7-10-27-11-8-20/h4-5,12-13H,3,6-11,14H2,1-2H3,(H,22,26). The first-order valence-electron chi connectivity index (χ1n) is 9.68. The van der Waals surface area contributed by atoms with E-state index in [4.69, 9.17) is 4.74 Å². The lowest BCUT2D eigenvalue weighted by Gasteiger charge is -2.44. The van der Waals surface area contributed by atoms with Gasteiger partial charge in [-0.3, -0.25) is 0 Å². The number of rotatable bonds is 2. The maximum atomic E-state index is 12.7. The molecule has 2 aromatic rings. The lowest BCUT2D eigenvalue weighted by atomic mass is 9.74. The van der Waals surface area contributed by atoms with Gasteiger partial charge in [0.05, 0.1) is 17.6 Å². The van der Waals surface area contributed by atoms with Crippen molar-refractivity contribution < 1.29 is 9.53 Å². The third kappa shape index (κ3) is 3.83. The molecule has 7 heteroatoms. The molecule has 0 aliphatic carbocycles. The Labute approximate surface area is 159 Å². The Bertz CT molecular complexity index is 803. The lowest BCUT2D eigenvalue weighted by Crippen LogP contribution is -2.49.